The van der Waals surface area contributed by atoms with Gasteiger partial charge in [-0.3, -0.25) is 4.79 Å². The Morgan fingerprint density at radius 3 is 2.67 bits per heavy atom. The summed E-state index contributed by atoms with van der Waals surface area (Å²) in [7, 11) is 0. The van der Waals surface area contributed by atoms with Crippen LogP contribution in [0.1, 0.15) is 29.3 Å². The SMILES string of the molecule is Cc1ccc(NC(=O)CC(C)CN)cc1C(=O)O. The van der Waals surface area contributed by atoms with Crippen molar-refractivity contribution < 1.29 is 14.7 Å². The maximum absolute atomic E-state index is 11.6. The summed E-state index contributed by atoms with van der Waals surface area (Å²) in [5, 5.41) is 11.7. The highest BCUT2D eigenvalue weighted by Crippen LogP contribution is 2.16. The van der Waals surface area contributed by atoms with E-state index in [1.807, 2.05) is 6.92 Å². The molecule has 5 nitrogen and oxygen atoms in total. The van der Waals surface area contributed by atoms with Gasteiger partial charge >= 0.3 is 5.97 Å². The number of carboxylic acids is 1. The third-order valence-corrected chi connectivity index (χ3v) is 2.69. The van der Waals surface area contributed by atoms with Crippen molar-refractivity contribution in [1.29, 1.82) is 0 Å². The number of carbonyl (C=O) groups excluding carboxylic acids is 1. The van der Waals surface area contributed by atoms with Crippen molar-refractivity contribution in [3.05, 3.63) is 29.3 Å². The predicted octanol–water partition coefficient (Wildman–Crippen LogP) is 1.62. The number of anilines is 1. The monoisotopic (exact) mass is 250 g/mol. The van der Waals surface area contributed by atoms with E-state index in [9.17, 15) is 9.59 Å². The van der Waals surface area contributed by atoms with E-state index in [0.717, 1.165) is 0 Å². The number of benzene rings is 1. The highest BCUT2D eigenvalue weighted by molar-refractivity contribution is 5.94. The Labute approximate surface area is 106 Å². The number of aromatic carboxylic acids is 1. The van der Waals surface area contributed by atoms with Crippen LogP contribution in [0.25, 0.3) is 0 Å². The second-order valence-electron chi connectivity index (χ2n) is 4.43. The summed E-state index contributed by atoms with van der Waals surface area (Å²) in [4.78, 5) is 22.6. The molecule has 0 heterocycles. The van der Waals surface area contributed by atoms with Crippen LogP contribution in [0.3, 0.4) is 0 Å². The first-order valence-electron chi connectivity index (χ1n) is 5.78. The fourth-order valence-electron chi connectivity index (χ4n) is 1.54. The molecule has 0 radical (unpaired) electrons. The summed E-state index contributed by atoms with van der Waals surface area (Å²) in [6, 6.07) is 4.82. The summed E-state index contributed by atoms with van der Waals surface area (Å²) in [6.07, 6.45) is 0.326. The maximum atomic E-state index is 11.6. The highest BCUT2D eigenvalue weighted by atomic mass is 16.4. The molecule has 0 aromatic heterocycles. The highest BCUT2D eigenvalue weighted by Gasteiger charge is 2.11. The number of hydrogen-bond acceptors (Lipinski definition) is 3. The minimum atomic E-state index is -1.00. The second-order valence-corrected chi connectivity index (χ2v) is 4.43. The average molecular weight is 250 g/mol. The van der Waals surface area contributed by atoms with Crippen LogP contribution in [0, 0.1) is 12.8 Å². The van der Waals surface area contributed by atoms with Gasteiger partial charge in [0.25, 0.3) is 0 Å². The lowest BCUT2D eigenvalue weighted by Gasteiger charge is -2.10. The fraction of sp³-hybridized carbons (Fsp3) is 0.385. The van der Waals surface area contributed by atoms with Crippen molar-refractivity contribution in [1.82, 2.24) is 0 Å². The normalized spacial score (nSPS) is 11.9. The molecule has 0 bridgehead atoms. The molecule has 0 aliphatic heterocycles. The quantitative estimate of drug-likeness (QED) is 0.740. The van der Waals surface area contributed by atoms with E-state index in [-0.39, 0.29) is 17.4 Å². The molecular formula is C13H18N2O3. The minimum Gasteiger partial charge on any atom is -0.478 e. The Bertz CT molecular complexity index is 458. The van der Waals surface area contributed by atoms with E-state index in [0.29, 0.717) is 24.2 Å². The number of carbonyl (C=O) groups is 2. The first-order chi connectivity index (χ1) is 8.43. The topological polar surface area (TPSA) is 92.4 Å². The lowest BCUT2D eigenvalue weighted by molar-refractivity contribution is -0.116. The van der Waals surface area contributed by atoms with E-state index in [2.05, 4.69) is 5.32 Å². The van der Waals surface area contributed by atoms with Gasteiger partial charge in [0.15, 0.2) is 0 Å². The molecule has 1 amide bonds. The first kappa shape index (κ1) is 14.2. The van der Waals surface area contributed by atoms with Crippen molar-refractivity contribution in [2.75, 3.05) is 11.9 Å². The van der Waals surface area contributed by atoms with Gasteiger partial charge in [0.2, 0.25) is 5.91 Å². The van der Waals surface area contributed by atoms with Crippen molar-refractivity contribution in [2.45, 2.75) is 20.3 Å². The van der Waals surface area contributed by atoms with Crippen LogP contribution in [0.15, 0.2) is 18.2 Å². The maximum Gasteiger partial charge on any atom is 0.336 e. The van der Waals surface area contributed by atoms with E-state index in [1.54, 1.807) is 19.1 Å². The van der Waals surface area contributed by atoms with E-state index in [4.69, 9.17) is 10.8 Å². The standard InChI is InChI=1S/C13H18N2O3/c1-8(7-14)5-12(16)15-10-4-3-9(2)11(6-10)13(17)18/h3-4,6,8H,5,7,14H2,1-2H3,(H,15,16)(H,17,18). The number of carboxylic acid groups (broad SMARTS) is 1. The number of nitrogens with one attached hydrogen (secondary N) is 1. The van der Waals surface area contributed by atoms with Crippen LogP contribution in [0.4, 0.5) is 5.69 Å². The number of amides is 1. The van der Waals surface area contributed by atoms with Crippen LogP contribution < -0.4 is 11.1 Å². The zero-order chi connectivity index (χ0) is 13.7. The Morgan fingerprint density at radius 2 is 2.11 bits per heavy atom. The van der Waals surface area contributed by atoms with Crippen molar-refractivity contribution in [3.8, 4) is 0 Å². The second kappa shape index (κ2) is 6.16. The third kappa shape index (κ3) is 3.85. The number of rotatable bonds is 5. The van der Waals surface area contributed by atoms with Crippen LogP contribution >= 0.6 is 0 Å². The molecule has 0 fully saturated rings. The summed E-state index contributed by atoms with van der Waals surface area (Å²) < 4.78 is 0. The van der Waals surface area contributed by atoms with Gasteiger partial charge in [-0.25, -0.2) is 4.79 Å². The van der Waals surface area contributed by atoms with Crippen LogP contribution in [0.5, 0.6) is 0 Å². The number of nitrogens with two attached hydrogens (primary N) is 1. The molecule has 0 aliphatic carbocycles. The minimum absolute atomic E-state index is 0.106. The molecule has 0 spiro atoms. The van der Waals surface area contributed by atoms with Gasteiger partial charge in [0.1, 0.15) is 0 Å². The molecular weight excluding hydrogens is 232 g/mol. The molecule has 1 unspecified atom stereocenters. The van der Waals surface area contributed by atoms with Gasteiger partial charge < -0.3 is 16.2 Å². The number of hydrogen-bond donors (Lipinski definition) is 3. The van der Waals surface area contributed by atoms with E-state index in [1.165, 1.54) is 6.07 Å². The molecule has 1 aromatic carbocycles. The summed E-state index contributed by atoms with van der Waals surface area (Å²) in [5.74, 6) is -1.05. The number of aryl methyl sites for hydroxylation is 1. The van der Waals surface area contributed by atoms with Gasteiger partial charge in [-0.2, -0.15) is 0 Å². The van der Waals surface area contributed by atoms with Crippen molar-refractivity contribution >= 4 is 17.6 Å². The van der Waals surface area contributed by atoms with Gasteiger partial charge in [-0.05, 0) is 37.1 Å². The molecule has 0 saturated heterocycles. The van der Waals surface area contributed by atoms with E-state index >= 15 is 0 Å². The fourth-order valence-corrected chi connectivity index (χ4v) is 1.54. The van der Waals surface area contributed by atoms with Crippen LogP contribution in [-0.4, -0.2) is 23.5 Å². The Hall–Kier alpha value is -1.88. The summed E-state index contributed by atoms with van der Waals surface area (Å²) >= 11 is 0. The van der Waals surface area contributed by atoms with Gasteiger partial charge in [0.05, 0.1) is 5.56 Å². The molecule has 0 aliphatic rings. The smallest absolute Gasteiger partial charge is 0.336 e. The van der Waals surface area contributed by atoms with Crippen molar-refractivity contribution in [2.24, 2.45) is 11.7 Å². The zero-order valence-corrected chi connectivity index (χ0v) is 10.6. The van der Waals surface area contributed by atoms with Crippen LogP contribution in [0.2, 0.25) is 0 Å². The largest absolute Gasteiger partial charge is 0.478 e. The molecule has 18 heavy (non-hydrogen) atoms. The Kier molecular flexibility index (Phi) is 4.85. The lowest BCUT2D eigenvalue weighted by atomic mass is 10.1. The molecule has 1 atom stereocenters. The van der Waals surface area contributed by atoms with Crippen molar-refractivity contribution in [3.63, 3.8) is 0 Å². The molecule has 1 rings (SSSR count). The summed E-state index contributed by atoms with van der Waals surface area (Å²) in [6.45, 7) is 4.05. The molecule has 98 valence electrons. The van der Waals surface area contributed by atoms with E-state index < -0.39 is 5.97 Å². The molecule has 0 saturated carbocycles. The first-order valence-corrected chi connectivity index (χ1v) is 5.78. The van der Waals surface area contributed by atoms with Gasteiger partial charge in [-0.1, -0.05) is 13.0 Å². The van der Waals surface area contributed by atoms with Gasteiger partial charge in [0, 0.05) is 12.1 Å². The predicted molar refractivity (Wildman–Crippen MR) is 69.6 cm³/mol. The molecule has 4 N–H and O–H groups in total. The molecule has 5 heteroatoms. The average Bonchev–Trinajstić information content (AvgIpc) is 2.31. The van der Waals surface area contributed by atoms with Crippen LogP contribution in [-0.2, 0) is 4.79 Å². The lowest BCUT2D eigenvalue weighted by Crippen LogP contribution is -2.20. The summed E-state index contributed by atoms with van der Waals surface area (Å²) in [5.41, 5.74) is 6.79. The van der Waals surface area contributed by atoms with Gasteiger partial charge in [-0.15, -0.1) is 0 Å². The third-order valence-electron chi connectivity index (χ3n) is 2.69. The molecule has 1 aromatic rings. The zero-order valence-electron chi connectivity index (χ0n) is 10.6. The Balaban J connectivity index is 2.76. The Morgan fingerprint density at radius 1 is 1.44 bits per heavy atom.